The number of urea groups is 1. The van der Waals surface area contributed by atoms with E-state index in [1.165, 1.54) is 17.5 Å². The van der Waals surface area contributed by atoms with Gasteiger partial charge in [-0.15, -0.1) is 0 Å². The molecule has 1 aromatic rings. The van der Waals surface area contributed by atoms with Crippen molar-refractivity contribution in [3.63, 3.8) is 0 Å². The second kappa shape index (κ2) is 8.68. The van der Waals surface area contributed by atoms with Gasteiger partial charge in [0.15, 0.2) is 0 Å². The summed E-state index contributed by atoms with van der Waals surface area (Å²) in [6, 6.07) is 8.52. The first-order chi connectivity index (χ1) is 12.1. The van der Waals surface area contributed by atoms with Crippen LogP contribution in [0.3, 0.4) is 0 Å². The van der Waals surface area contributed by atoms with Gasteiger partial charge in [0, 0.05) is 32.2 Å². The zero-order valence-corrected chi connectivity index (χ0v) is 15.1. The summed E-state index contributed by atoms with van der Waals surface area (Å²) in [6.45, 7) is 4.47. The number of aliphatic hydroxyl groups excluding tert-OH is 1. The first-order valence-electron chi connectivity index (χ1n) is 9.55. The smallest absolute Gasteiger partial charge is 0.317 e. The molecule has 1 saturated heterocycles. The zero-order chi connectivity index (χ0) is 17.6. The number of carbonyl (C=O) groups is 1. The van der Waals surface area contributed by atoms with Gasteiger partial charge in [0.05, 0.1) is 12.2 Å². The molecule has 0 aromatic heterocycles. The maximum atomic E-state index is 12.1. The molecule has 0 saturated carbocycles. The number of hydrogen-bond acceptors (Lipinski definition) is 3. The van der Waals surface area contributed by atoms with Crippen LogP contribution in [-0.4, -0.2) is 48.4 Å². The number of rotatable bonds is 6. The van der Waals surface area contributed by atoms with Crippen LogP contribution in [0.2, 0.25) is 0 Å². The monoisotopic (exact) mass is 346 g/mol. The summed E-state index contributed by atoms with van der Waals surface area (Å²) in [5.74, 6) is 0.209. The summed E-state index contributed by atoms with van der Waals surface area (Å²) in [5.41, 5.74) is 2.74. The normalized spacial score (nSPS) is 24.0. The summed E-state index contributed by atoms with van der Waals surface area (Å²) in [6.07, 6.45) is 4.97. The van der Waals surface area contributed by atoms with Gasteiger partial charge in [0.2, 0.25) is 0 Å². The van der Waals surface area contributed by atoms with Crippen LogP contribution in [0.25, 0.3) is 0 Å². The lowest BCUT2D eigenvalue weighted by Crippen LogP contribution is -2.39. The van der Waals surface area contributed by atoms with Gasteiger partial charge in [-0.3, -0.25) is 0 Å². The zero-order valence-electron chi connectivity index (χ0n) is 15.1. The van der Waals surface area contributed by atoms with Crippen molar-refractivity contribution in [2.75, 3.05) is 26.2 Å². The Morgan fingerprint density at radius 1 is 1.40 bits per heavy atom. The van der Waals surface area contributed by atoms with Crippen LogP contribution in [0.4, 0.5) is 4.79 Å². The average molecular weight is 346 g/mol. The highest BCUT2D eigenvalue weighted by molar-refractivity contribution is 5.74. The number of hydrogen-bond donors (Lipinski definition) is 2. The first-order valence-corrected chi connectivity index (χ1v) is 9.55. The molecule has 0 bridgehead atoms. The van der Waals surface area contributed by atoms with E-state index in [-0.39, 0.29) is 24.2 Å². The van der Waals surface area contributed by atoms with Gasteiger partial charge in [-0.25, -0.2) is 4.79 Å². The number of nitrogens with one attached hydrogen (secondary N) is 1. The van der Waals surface area contributed by atoms with Gasteiger partial charge >= 0.3 is 6.03 Å². The number of fused-ring (bicyclic) bond motifs is 1. The van der Waals surface area contributed by atoms with Crippen LogP contribution >= 0.6 is 0 Å². The van der Waals surface area contributed by atoms with Gasteiger partial charge < -0.3 is 20.1 Å². The van der Waals surface area contributed by atoms with E-state index in [2.05, 4.69) is 29.6 Å². The summed E-state index contributed by atoms with van der Waals surface area (Å²) in [4.78, 5) is 13.9. The van der Waals surface area contributed by atoms with Crippen molar-refractivity contribution < 1.29 is 14.6 Å². The minimum absolute atomic E-state index is 0.0221. The minimum Gasteiger partial charge on any atom is -0.393 e. The molecule has 5 heteroatoms. The fourth-order valence-electron chi connectivity index (χ4n) is 3.85. The largest absolute Gasteiger partial charge is 0.393 e. The molecule has 25 heavy (non-hydrogen) atoms. The van der Waals surface area contributed by atoms with Crippen LogP contribution in [-0.2, 0) is 11.2 Å². The summed E-state index contributed by atoms with van der Waals surface area (Å²) in [5, 5.41) is 12.6. The number of nitrogens with zero attached hydrogens (tertiary/aromatic N) is 1. The van der Waals surface area contributed by atoms with Crippen LogP contribution in [0, 0.1) is 5.92 Å². The summed E-state index contributed by atoms with van der Waals surface area (Å²) in [7, 11) is 0. The molecule has 0 unspecified atom stereocenters. The number of benzene rings is 1. The van der Waals surface area contributed by atoms with Crippen molar-refractivity contribution in [1.82, 2.24) is 10.2 Å². The maximum absolute atomic E-state index is 12.1. The van der Waals surface area contributed by atoms with E-state index in [1.54, 1.807) is 11.8 Å². The Bertz CT molecular complexity index is 576. The molecular formula is C20H30N2O3. The van der Waals surface area contributed by atoms with E-state index >= 15 is 0 Å². The topological polar surface area (TPSA) is 61.8 Å². The average Bonchev–Trinajstić information content (AvgIpc) is 3.12. The summed E-state index contributed by atoms with van der Waals surface area (Å²) >= 11 is 0. The molecule has 1 aliphatic carbocycles. The Labute approximate surface area is 150 Å². The Hall–Kier alpha value is -1.59. The quantitative estimate of drug-likeness (QED) is 0.779. The van der Waals surface area contributed by atoms with Crippen molar-refractivity contribution in [2.24, 2.45) is 5.92 Å². The van der Waals surface area contributed by atoms with E-state index < -0.39 is 0 Å². The molecule has 0 spiro atoms. The molecule has 0 radical (unpaired) electrons. The molecule has 1 aliphatic heterocycles. The second-order valence-corrected chi connectivity index (χ2v) is 7.27. The van der Waals surface area contributed by atoms with Crippen LogP contribution in [0.1, 0.15) is 49.8 Å². The highest BCUT2D eigenvalue weighted by Crippen LogP contribution is 2.32. The lowest BCUT2D eigenvalue weighted by atomic mass is 9.89. The SMILES string of the molecule is C[C@H](O)[C@@H]1CCN(C(=O)NCCCO[C@H]2CCCc3ccccc32)C1. The number of aliphatic hydroxyl groups is 1. The fraction of sp³-hybridized carbons (Fsp3) is 0.650. The highest BCUT2D eigenvalue weighted by Gasteiger charge is 2.28. The Morgan fingerprint density at radius 2 is 2.24 bits per heavy atom. The molecule has 5 nitrogen and oxygen atoms in total. The molecule has 3 atom stereocenters. The first kappa shape index (κ1) is 18.2. The highest BCUT2D eigenvalue weighted by atomic mass is 16.5. The molecule has 1 heterocycles. The number of amides is 2. The molecule has 138 valence electrons. The Balaban J connectivity index is 1.34. The molecular weight excluding hydrogens is 316 g/mol. The van der Waals surface area contributed by atoms with Gasteiger partial charge in [0.1, 0.15) is 0 Å². The number of aryl methyl sites for hydroxylation is 1. The Morgan fingerprint density at radius 3 is 3.04 bits per heavy atom. The van der Waals surface area contributed by atoms with Gasteiger partial charge in [-0.1, -0.05) is 24.3 Å². The molecule has 1 aromatic carbocycles. The van der Waals surface area contributed by atoms with Gasteiger partial charge in [-0.05, 0) is 50.2 Å². The molecule has 2 amide bonds. The number of ether oxygens (including phenoxy) is 1. The predicted octanol–water partition coefficient (Wildman–Crippen LogP) is 2.88. The van der Waals surface area contributed by atoms with Crippen molar-refractivity contribution in [3.05, 3.63) is 35.4 Å². The van der Waals surface area contributed by atoms with Crippen LogP contribution in [0.5, 0.6) is 0 Å². The summed E-state index contributed by atoms with van der Waals surface area (Å²) < 4.78 is 6.07. The Kier molecular flexibility index (Phi) is 6.32. The molecule has 2 N–H and O–H groups in total. The van der Waals surface area contributed by atoms with Crippen LogP contribution < -0.4 is 5.32 Å². The fourth-order valence-corrected chi connectivity index (χ4v) is 3.85. The standard InChI is InChI=1S/C20H30N2O3/c1-15(23)17-10-12-22(14-17)20(24)21-11-5-13-25-19-9-4-7-16-6-2-3-8-18(16)19/h2-3,6,8,15,17,19,23H,4-5,7,9-14H2,1H3,(H,21,24)/t15-,17+,19-/m0/s1. The number of carbonyl (C=O) groups excluding carboxylic acids is 1. The minimum atomic E-state index is -0.343. The van der Waals surface area contributed by atoms with Gasteiger partial charge in [-0.2, -0.15) is 0 Å². The molecule has 3 rings (SSSR count). The van der Waals surface area contributed by atoms with E-state index in [0.717, 1.165) is 32.2 Å². The molecule has 1 fully saturated rings. The van der Waals surface area contributed by atoms with Crippen molar-refractivity contribution in [1.29, 1.82) is 0 Å². The van der Waals surface area contributed by atoms with Crippen molar-refractivity contribution >= 4 is 6.03 Å². The molecule has 2 aliphatic rings. The van der Waals surface area contributed by atoms with E-state index in [9.17, 15) is 9.90 Å². The van der Waals surface area contributed by atoms with Crippen molar-refractivity contribution in [2.45, 2.75) is 51.2 Å². The predicted molar refractivity (Wildman–Crippen MR) is 97.4 cm³/mol. The third-order valence-corrected chi connectivity index (χ3v) is 5.42. The van der Waals surface area contributed by atoms with Crippen LogP contribution in [0.15, 0.2) is 24.3 Å². The van der Waals surface area contributed by atoms with E-state index in [1.807, 2.05) is 0 Å². The lowest BCUT2D eigenvalue weighted by Gasteiger charge is -2.25. The van der Waals surface area contributed by atoms with E-state index in [0.29, 0.717) is 19.7 Å². The lowest BCUT2D eigenvalue weighted by molar-refractivity contribution is 0.0395. The third kappa shape index (κ3) is 4.73. The van der Waals surface area contributed by atoms with Gasteiger partial charge in [0.25, 0.3) is 0 Å². The second-order valence-electron chi connectivity index (χ2n) is 7.27. The van der Waals surface area contributed by atoms with Crippen molar-refractivity contribution in [3.8, 4) is 0 Å². The number of likely N-dealkylation sites (tertiary alicyclic amines) is 1. The third-order valence-electron chi connectivity index (χ3n) is 5.42. The van der Waals surface area contributed by atoms with E-state index in [4.69, 9.17) is 4.74 Å². The maximum Gasteiger partial charge on any atom is 0.317 e.